The molecule has 4 aromatic rings. The van der Waals surface area contributed by atoms with E-state index >= 15 is 0 Å². The van der Waals surface area contributed by atoms with Gasteiger partial charge in [0.1, 0.15) is 18.1 Å². The monoisotopic (exact) mass is 607 g/mol. The number of nitrogens with one attached hydrogen (secondary N) is 5. The summed E-state index contributed by atoms with van der Waals surface area (Å²) in [6.45, 7) is 0. The van der Waals surface area contributed by atoms with E-state index < -0.39 is 60.2 Å². The number of carbonyl (C=O) groups is 5. The van der Waals surface area contributed by atoms with Crippen molar-refractivity contribution >= 4 is 64.0 Å². The van der Waals surface area contributed by atoms with Gasteiger partial charge in [0.25, 0.3) is 0 Å². The number of amides is 4. The predicted octanol–water partition coefficient (Wildman–Crippen LogP) is 0.106. The zero-order chi connectivity index (χ0) is 31.1. The van der Waals surface area contributed by atoms with E-state index in [9.17, 15) is 29.1 Å². The van der Waals surface area contributed by atoms with Gasteiger partial charge in [0.05, 0.1) is 12.5 Å². The van der Waals surface area contributed by atoms with Crippen LogP contribution in [0.2, 0.25) is 0 Å². The fourth-order valence-corrected chi connectivity index (χ4v) is 5.03. The number of aromatic nitrogens is 2. The van der Waals surface area contributed by atoms with Crippen LogP contribution in [-0.4, -0.2) is 74.6 Å². The van der Waals surface area contributed by atoms with Gasteiger partial charge in [-0.25, -0.2) is 4.79 Å². The molecule has 4 amide bonds. The maximum atomic E-state index is 13.6. The molecule has 4 unspecified atom stereocenters. The van der Waals surface area contributed by atoms with Crippen molar-refractivity contribution in [1.29, 1.82) is 0 Å². The quantitative estimate of drug-likeness (QED) is 0.0898. The lowest BCUT2D eigenvalue weighted by Gasteiger charge is -2.24. The molecule has 0 aliphatic rings. The van der Waals surface area contributed by atoms with Gasteiger partial charge < -0.3 is 42.5 Å². The summed E-state index contributed by atoms with van der Waals surface area (Å²) in [5.74, 6) is -4.47. The first-order valence-corrected chi connectivity index (χ1v) is 14.1. The minimum Gasteiger partial charge on any atom is -0.480 e. The summed E-state index contributed by atoms with van der Waals surface area (Å²) in [5.41, 5.74) is 13.8. The number of nitrogens with two attached hydrogens (primary N) is 2. The lowest BCUT2D eigenvalue weighted by molar-refractivity contribution is -0.142. The molecule has 14 heteroatoms. The molecule has 0 aliphatic carbocycles. The Morgan fingerprint density at radius 3 is 1.72 bits per heavy atom. The highest BCUT2D eigenvalue weighted by Gasteiger charge is 2.31. The van der Waals surface area contributed by atoms with E-state index in [-0.39, 0.29) is 18.6 Å². The Bertz CT molecular complexity index is 1650. The standard InChI is InChI=1S/C29H33N7O6S/c30-19(11-25(31)37)26(38)36-24(14-43)28(40)34-22(9-15-12-32-20-7-3-1-5-17(15)20)27(39)35-23(29(41)42)10-16-13-33-21-8-4-2-6-18(16)21/h1-8,12-13,19,22-24,32-33,43H,9-11,14,30H2,(H2,31,37)(H,34,40)(H,35,39)(H,36,38)(H,41,42). The first-order chi connectivity index (χ1) is 20.6. The van der Waals surface area contributed by atoms with Gasteiger partial charge in [-0.3, -0.25) is 19.2 Å². The Kier molecular flexibility index (Phi) is 10.1. The summed E-state index contributed by atoms with van der Waals surface area (Å²) in [7, 11) is 0. The molecule has 2 aromatic carbocycles. The highest BCUT2D eigenvalue weighted by Crippen LogP contribution is 2.21. The smallest absolute Gasteiger partial charge is 0.326 e. The number of carboxylic acid groups (broad SMARTS) is 1. The van der Waals surface area contributed by atoms with Gasteiger partial charge in [-0.2, -0.15) is 12.6 Å². The van der Waals surface area contributed by atoms with Crippen molar-refractivity contribution in [3.63, 3.8) is 0 Å². The Labute approximate surface area is 251 Å². The second-order valence-corrected chi connectivity index (χ2v) is 10.5. The molecule has 13 nitrogen and oxygen atoms in total. The maximum Gasteiger partial charge on any atom is 0.326 e. The van der Waals surface area contributed by atoms with Gasteiger partial charge in [0, 0.05) is 52.8 Å². The third-order valence-corrected chi connectivity index (χ3v) is 7.38. The van der Waals surface area contributed by atoms with Crippen LogP contribution in [0.4, 0.5) is 0 Å². The number of hydrogen-bond acceptors (Lipinski definition) is 7. The molecule has 0 saturated heterocycles. The zero-order valence-electron chi connectivity index (χ0n) is 23.0. The van der Waals surface area contributed by atoms with E-state index in [1.807, 2.05) is 48.5 Å². The molecule has 2 heterocycles. The van der Waals surface area contributed by atoms with Crippen LogP contribution >= 0.6 is 12.6 Å². The second-order valence-electron chi connectivity index (χ2n) is 10.1. The van der Waals surface area contributed by atoms with Crippen molar-refractivity contribution in [2.45, 2.75) is 43.4 Å². The fourth-order valence-electron chi connectivity index (χ4n) is 4.78. The molecule has 0 spiro atoms. The van der Waals surface area contributed by atoms with Gasteiger partial charge in [0.15, 0.2) is 0 Å². The minimum atomic E-state index is -1.30. The Balaban J connectivity index is 1.55. The Morgan fingerprint density at radius 2 is 1.21 bits per heavy atom. The number of H-pyrrole nitrogens is 2. The van der Waals surface area contributed by atoms with Crippen molar-refractivity contribution in [2.75, 3.05) is 5.75 Å². The largest absolute Gasteiger partial charge is 0.480 e. The first kappa shape index (κ1) is 31.1. The van der Waals surface area contributed by atoms with Gasteiger partial charge in [-0.05, 0) is 23.3 Å². The lowest BCUT2D eigenvalue weighted by atomic mass is 10.0. The van der Waals surface area contributed by atoms with E-state index in [0.717, 1.165) is 21.8 Å². The zero-order valence-corrected chi connectivity index (χ0v) is 23.9. The van der Waals surface area contributed by atoms with E-state index in [1.54, 1.807) is 12.4 Å². The van der Waals surface area contributed by atoms with E-state index in [2.05, 4.69) is 38.5 Å². The number of rotatable bonds is 14. The maximum absolute atomic E-state index is 13.6. The molecule has 4 atom stereocenters. The van der Waals surface area contributed by atoms with E-state index in [4.69, 9.17) is 11.5 Å². The number of primary amides is 1. The molecule has 0 saturated carbocycles. The Morgan fingerprint density at radius 1 is 0.744 bits per heavy atom. The van der Waals surface area contributed by atoms with Gasteiger partial charge >= 0.3 is 5.97 Å². The molecule has 2 aromatic heterocycles. The van der Waals surface area contributed by atoms with Crippen LogP contribution < -0.4 is 27.4 Å². The van der Waals surface area contributed by atoms with E-state index in [1.165, 1.54) is 0 Å². The Hall–Kier alpha value is -4.82. The third-order valence-electron chi connectivity index (χ3n) is 7.02. The highest BCUT2D eigenvalue weighted by atomic mass is 32.1. The number of para-hydroxylation sites is 2. The number of fused-ring (bicyclic) bond motifs is 2. The van der Waals surface area contributed by atoms with Crippen LogP contribution in [0, 0.1) is 0 Å². The molecule has 4 rings (SSSR count). The van der Waals surface area contributed by atoms with Crippen LogP contribution in [0.15, 0.2) is 60.9 Å². The van der Waals surface area contributed by atoms with Crippen LogP contribution in [0.3, 0.4) is 0 Å². The molecule has 0 fully saturated rings. The van der Waals surface area contributed by atoms with Crippen molar-refractivity contribution in [3.05, 3.63) is 72.1 Å². The topological polar surface area (TPSA) is 225 Å². The van der Waals surface area contributed by atoms with Crippen LogP contribution in [0.5, 0.6) is 0 Å². The fraction of sp³-hybridized carbons (Fsp3) is 0.276. The summed E-state index contributed by atoms with van der Waals surface area (Å²) >= 11 is 4.15. The number of hydrogen-bond donors (Lipinski definition) is 9. The molecular formula is C29H33N7O6S. The van der Waals surface area contributed by atoms with Crippen molar-refractivity contribution in [1.82, 2.24) is 25.9 Å². The lowest BCUT2D eigenvalue weighted by Crippen LogP contribution is -2.58. The summed E-state index contributed by atoms with van der Waals surface area (Å²) in [6, 6.07) is 9.75. The molecule has 0 radical (unpaired) electrons. The van der Waals surface area contributed by atoms with Crippen molar-refractivity contribution < 1.29 is 29.1 Å². The first-order valence-electron chi connectivity index (χ1n) is 13.5. The average molecular weight is 608 g/mol. The minimum absolute atomic E-state index is 0.00802. The molecule has 0 bridgehead atoms. The normalized spacial score (nSPS) is 14.0. The molecule has 0 aliphatic heterocycles. The average Bonchev–Trinajstić information content (AvgIpc) is 3.58. The number of aliphatic carboxylic acids is 1. The summed E-state index contributed by atoms with van der Waals surface area (Å²) in [6.07, 6.45) is 2.98. The van der Waals surface area contributed by atoms with Gasteiger partial charge in [-0.15, -0.1) is 0 Å². The number of aromatic amines is 2. The SMILES string of the molecule is NC(=O)CC(N)C(=O)NC(CS)C(=O)NC(Cc1c[nH]c2ccccc12)C(=O)NC(Cc1c[nH]c2ccccc12)C(=O)O. The molecular weight excluding hydrogens is 574 g/mol. The molecule has 43 heavy (non-hydrogen) atoms. The molecule has 226 valence electrons. The number of carbonyl (C=O) groups excluding carboxylic acids is 4. The number of carboxylic acids is 1. The highest BCUT2D eigenvalue weighted by molar-refractivity contribution is 7.80. The molecule has 10 N–H and O–H groups in total. The predicted molar refractivity (Wildman–Crippen MR) is 163 cm³/mol. The number of thiol groups is 1. The van der Waals surface area contributed by atoms with Gasteiger partial charge in [-0.1, -0.05) is 36.4 Å². The third kappa shape index (κ3) is 7.72. The number of benzene rings is 2. The van der Waals surface area contributed by atoms with Crippen molar-refractivity contribution in [3.8, 4) is 0 Å². The summed E-state index contributed by atoms with van der Waals surface area (Å²) in [4.78, 5) is 68.9. The summed E-state index contributed by atoms with van der Waals surface area (Å²) in [5, 5.41) is 19.2. The van der Waals surface area contributed by atoms with Crippen LogP contribution in [0.1, 0.15) is 17.5 Å². The van der Waals surface area contributed by atoms with Crippen LogP contribution in [0.25, 0.3) is 21.8 Å². The van der Waals surface area contributed by atoms with Gasteiger partial charge in [0.2, 0.25) is 23.6 Å². The second kappa shape index (κ2) is 13.9. The van der Waals surface area contributed by atoms with Crippen molar-refractivity contribution in [2.24, 2.45) is 11.5 Å². The van der Waals surface area contributed by atoms with Crippen LogP contribution in [-0.2, 0) is 36.8 Å². The summed E-state index contributed by atoms with van der Waals surface area (Å²) < 4.78 is 0. The van der Waals surface area contributed by atoms with E-state index in [0.29, 0.717) is 11.1 Å².